The summed E-state index contributed by atoms with van der Waals surface area (Å²) in [7, 11) is 0. The van der Waals surface area contributed by atoms with Gasteiger partial charge in [-0.2, -0.15) is 0 Å². The van der Waals surface area contributed by atoms with Gasteiger partial charge in [-0.15, -0.1) is 24.7 Å². The SMILES string of the molecule is C#CC1CCC(O)CC1.C#CC1CCC(O)CC1. The third-order valence-electron chi connectivity index (χ3n) is 3.86. The van der Waals surface area contributed by atoms with E-state index in [2.05, 4.69) is 11.8 Å². The van der Waals surface area contributed by atoms with Gasteiger partial charge in [-0.05, 0) is 51.4 Å². The van der Waals surface area contributed by atoms with Gasteiger partial charge in [-0.25, -0.2) is 0 Å². The molecule has 0 radical (unpaired) electrons. The lowest BCUT2D eigenvalue weighted by atomic mass is 9.88. The third-order valence-corrected chi connectivity index (χ3v) is 3.86. The highest BCUT2D eigenvalue weighted by Crippen LogP contribution is 2.23. The van der Waals surface area contributed by atoms with Crippen LogP contribution in [0.3, 0.4) is 0 Å². The summed E-state index contributed by atoms with van der Waals surface area (Å²) in [6.07, 6.45) is 17.9. The number of hydrogen-bond donors (Lipinski definition) is 2. The molecule has 2 heteroatoms. The molecule has 18 heavy (non-hydrogen) atoms. The van der Waals surface area contributed by atoms with Gasteiger partial charge in [0.1, 0.15) is 0 Å². The smallest absolute Gasteiger partial charge is 0.0541 e. The van der Waals surface area contributed by atoms with Crippen molar-refractivity contribution in [3.63, 3.8) is 0 Å². The van der Waals surface area contributed by atoms with E-state index < -0.39 is 0 Å². The third kappa shape index (κ3) is 5.58. The first kappa shape index (κ1) is 15.1. The number of rotatable bonds is 0. The largest absolute Gasteiger partial charge is 0.393 e. The van der Waals surface area contributed by atoms with Crippen LogP contribution in [0, 0.1) is 36.5 Å². The Morgan fingerprint density at radius 3 is 1.11 bits per heavy atom. The Bertz CT molecular complexity index is 262. The van der Waals surface area contributed by atoms with E-state index in [1.54, 1.807) is 0 Å². The summed E-state index contributed by atoms with van der Waals surface area (Å²) in [5.74, 6) is 6.30. The highest BCUT2D eigenvalue weighted by Gasteiger charge is 2.17. The summed E-state index contributed by atoms with van der Waals surface area (Å²) in [4.78, 5) is 0. The maximum Gasteiger partial charge on any atom is 0.0541 e. The van der Waals surface area contributed by atoms with E-state index in [4.69, 9.17) is 23.1 Å². The Balaban J connectivity index is 0.000000180. The van der Waals surface area contributed by atoms with Crippen LogP contribution in [-0.4, -0.2) is 22.4 Å². The number of terminal acetylenes is 2. The van der Waals surface area contributed by atoms with Crippen LogP contribution in [0.1, 0.15) is 51.4 Å². The minimum atomic E-state index is -0.0744. The Morgan fingerprint density at radius 1 is 0.611 bits per heavy atom. The number of aliphatic hydroxyl groups is 2. The average molecular weight is 248 g/mol. The van der Waals surface area contributed by atoms with E-state index in [1.807, 2.05) is 0 Å². The van der Waals surface area contributed by atoms with Gasteiger partial charge in [-0.1, -0.05) is 0 Å². The molecule has 2 aliphatic carbocycles. The van der Waals surface area contributed by atoms with Gasteiger partial charge in [0.25, 0.3) is 0 Å². The second-order valence-corrected chi connectivity index (χ2v) is 5.34. The molecule has 2 N–H and O–H groups in total. The highest BCUT2D eigenvalue weighted by molar-refractivity contribution is 4.95. The molecule has 2 fully saturated rings. The molecule has 2 saturated carbocycles. The van der Waals surface area contributed by atoms with Crippen LogP contribution in [0.25, 0.3) is 0 Å². The fourth-order valence-electron chi connectivity index (χ4n) is 2.48. The first-order valence-electron chi connectivity index (χ1n) is 6.94. The molecule has 0 spiro atoms. The van der Waals surface area contributed by atoms with E-state index in [-0.39, 0.29) is 12.2 Å². The van der Waals surface area contributed by atoms with Gasteiger partial charge in [-0.3, -0.25) is 0 Å². The topological polar surface area (TPSA) is 40.5 Å². The molecule has 0 amide bonds. The van der Waals surface area contributed by atoms with Crippen molar-refractivity contribution in [2.45, 2.75) is 63.6 Å². The monoisotopic (exact) mass is 248 g/mol. The molecule has 100 valence electrons. The molecule has 0 unspecified atom stereocenters. The lowest BCUT2D eigenvalue weighted by molar-refractivity contribution is 0.119. The summed E-state index contributed by atoms with van der Waals surface area (Å²) in [5.41, 5.74) is 0. The lowest BCUT2D eigenvalue weighted by Gasteiger charge is -2.20. The van der Waals surface area contributed by atoms with Crippen LogP contribution >= 0.6 is 0 Å². The van der Waals surface area contributed by atoms with Crippen LogP contribution < -0.4 is 0 Å². The summed E-state index contributed by atoms with van der Waals surface area (Å²) >= 11 is 0. The Labute approximate surface area is 111 Å². The molecule has 0 aromatic carbocycles. The molecule has 0 aromatic rings. The van der Waals surface area contributed by atoms with Crippen LogP contribution in [0.4, 0.5) is 0 Å². The van der Waals surface area contributed by atoms with Crippen molar-refractivity contribution < 1.29 is 10.2 Å². The van der Waals surface area contributed by atoms with E-state index >= 15 is 0 Å². The molecule has 0 aromatic heterocycles. The quantitative estimate of drug-likeness (QED) is 0.646. The van der Waals surface area contributed by atoms with Gasteiger partial charge in [0, 0.05) is 11.8 Å². The summed E-state index contributed by atoms with van der Waals surface area (Å²) in [6, 6.07) is 0. The highest BCUT2D eigenvalue weighted by atomic mass is 16.3. The molecule has 0 saturated heterocycles. The maximum atomic E-state index is 9.05. The van der Waals surface area contributed by atoms with Crippen LogP contribution in [0.2, 0.25) is 0 Å². The summed E-state index contributed by atoms with van der Waals surface area (Å²) < 4.78 is 0. The average Bonchev–Trinajstić information content (AvgIpc) is 2.41. The van der Waals surface area contributed by atoms with E-state index in [9.17, 15) is 0 Å². The molecule has 0 aliphatic heterocycles. The molecule has 2 nitrogen and oxygen atoms in total. The Hall–Kier alpha value is -0.960. The van der Waals surface area contributed by atoms with Crippen LogP contribution in [0.5, 0.6) is 0 Å². The summed E-state index contributed by atoms with van der Waals surface area (Å²) in [6.45, 7) is 0. The lowest BCUT2D eigenvalue weighted by Crippen LogP contribution is -2.16. The van der Waals surface area contributed by atoms with Crippen molar-refractivity contribution in [1.82, 2.24) is 0 Å². The van der Waals surface area contributed by atoms with Gasteiger partial charge in [0.2, 0.25) is 0 Å². The fraction of sp³-hybridized carbons (Fsp3) is 0.750. The standard InChI is InChI=1S/2C8H12O/c2*1-2-7-3-5-8(9)6-4-7/h2*1,7-9H,3-6H2. The minimum Gasteiger partial charge on any atom is -0.393 e. The summed E-state index contributed by atoms with van der Waals surface area (Å²) in [5, 5.41) is 18.1. The van der Waals surface area contributed by atoms with Gasteiger partial charge < -0.3 is 10.2 Å². The second-order valence-electron chi connectivity index (χ2n) is 5.34. The first-order valence-corrected chi connectivity index (χ1v) is 6.94. The fourth-order valence-corrected chi connectivity index (χ4v) is 2.48. The van der Waals surface area contributed by atoms with Crippen LogP contribution in [0.15, 0.2) is 0 Å². The van der Waals surface area contributed by atoms with Gasteiger partial charge in [0.15, 0.2) is 0 Å². The van der Waals surface area contributed by atoms with Crippen molar-refractivity contribution in [3.05, 3.63) is 0 Å². The molecular formula is C16H24O2. The van der Waals surface area contributed by atoms with Crippen molar-refractivity contribution in [2.24, 2.45) is 11.8 Å². The molecule has 0 atom stereocenters. The molecular weight excluding hydrogens is 224 g/mol. The van der Waals surface area contributed by atoms with Crippen LogP contribution in [-0.2, 0) is 0 Å². The zero-order valence-electron chi connectivity index (χ0n) is 11.0. The maximum absolute atomic E-state index is 9.05. The van der Waals surface area contributed by atoms with E-state index in [0.29, 0.717) is 11.8 Å². The second kappa shape index (κ2) is 8.20. The normalized spacial score (nSPS) is 35.6. The number of aliphatic hydroxyl groups excluding tert-OH is 2. The molecule has 0 heterocycles. The number of hydrogen-bond acceptors (Lipinski definition) is 2. The van der Waals surface area contributed by atoms with Crippen molar-refractivity contribution in [1.29, 1.82) is 0 Å². The molecule has 2 rings (SSSR count). The van der Waals surface area contributed by atoms with Crippen molar-refractivity contribution in [2.75, 3.05) is 0 Å². The Morgan fingerprint density at radius 2 is 0.889 bits per heavy atom. The first-order chi connectivity index (χ1) is 8.65. The molecule has 0 bridgehead atoms. The predicted octanol–water partition coefficient (Wildman–Crippen LogP) is 2.34. The van der Waals surface area contributed by atoms with E-state index in [1.165, 1.54) is 0 Å². The Kier molecular flexibility index (Phi) is 6.88. The predicted molar refractivity (Wildman–Crippen MR) is 73.6 cm³/mol. The van der Waals surface area contributed by atoms with Gasteiger partial charge in [0.05, 0.1) is 12.2 Å². The zero-order valence-corrected chi connectivity index (χ0v) is 11.0. The van der Waals surface area contributed by atoms with E-state index in [0.717, 1.165) is 51.4 Å². The van der Waals surface area contributed by atoms with Crippen molar-refractivity contribution in [3.8, 4) is 24.7 Å². The van der Waals surface area contributed by atoms with Crippen molar-refractivity contribution >= 4 is 0 Å². The van der Waals surface area contributed by atoms with Gasteiger partial charge >= 0.3 is 0 Å². The minimum absolute atomic E-state index is 0.0744. The zero-order chi connectivity index (χ0) is 13.4. The molecule has 2 aliphatic rings.